The van der Waals surface area contributed by atoms with Gasteiger partial charge >= 0.3 is 0 Å². The van der Waals surface area contributed by atoms with Gasteiger partial charge in [0.05, 0.1) is 5.41 Å². The van der Waals surface area contributed by atoms with Gasteiger partial charge < -0.3 is 4.42 Å². The molecule has 8 aromatic carbocycles. The number of fused-ring (bicyclic) bond motifs is 12. The van der Waals surface area contributed by atoms with E-state index in [0.29, 0.717) is 17.5 Å². The van der Waals surface area contributed by atoms with Crippen LogP contribution in [-0.4, -0.2) is 15.0 Å². The summed E-state index contributed by atoms with van der Waals surface area (Å²) >= 11 is 0. The molecular weight excluding hydrogens is 719 g/mol. The Bertz CT molecular complexity index is 3280. The number of hydrogen-bond acceptors (Lipinski definition) is 4. The molecule has 12 rings (SSSR count). The van der Waals surface area contributed by atoms with Crippen LogP contribution in [0.4, 0.5) is 0 Å². The summed E-state index contributed by atoms with van der Waals surface area (Å²) in [5, 5.41) is 2.16. The molecule has 0 saturated heterocycles. The Morgan fingerprint density at radius 2 is 0.847 bits per heavy atom. The molecule has 0 saturated carbocycles. The summed E-state index contributed by atoms with van der Waals surface area (Å²) in [7, 11) is 0. The Hall–Kier alpha value is -7.43. The summed E-state index contributed by atoms with van der Waals surface area (Å²) in [5.41, 5.74) is 16.6. The molecule has 1 spiro atoms. The van der Waals surface area contributed by atoms with E-state index in [9.17, 15) is 0 Å². The molecule has 2 aliphatic carbocycles. The average Bonchev–Trinajstić information content (AvgIpc) is 3.82. The molecule has 4 heteroatoms. The molecule has 4 nitrogen and oxygen atoms in total. The quantitative estimate of drug-likeness (QED) is 0.179. The van der Waals surface area contributed by atoms with Gasteiger partial charge in [0.25, 0.3) is 0 Å². The molecule has 0 N–H and O–H groups in total. The average molecular weight is 756 g/mol. The third-order valence-corrected chi connectivity index (χ3v) is 12.8. The van der Waals surface area contributed by atoms with Gasteiger partial charge in [-0.05, 0) is 86.0 Å². The highest BCUT2D eigenvalue weighted by molar-refractivity contribution is 6.05. The zero-order valence-corrected chi connectivity index (χ0v) is 32.6. The van der Waals surface area contributed by atoms with E-state index < -0.39 is 5.41 Å². The maximum absolute atomic E-state index is 6.28. The second-order valence-electron chi connectivity index (χ2n) is 16.3. The predicted molar refractivity (Wildman–Crippen MR) is 238 cm³/mol. The van der Waals surface area contributed by atoms with Crippen LogP contribution >= 0.6 is 0 Å². The molecule has 278 valence electrons. The Kier molecular flexibility index (Phi) is 7.16. The lowest BCUT2D eigenvalue weighted by molar-refractivity contribution is 0.563. The number of benzene rings is 8. The summed E-state index contributed by atoms with van der Waals surface area (Å²) in [6, 6.07) is 67.4. The molecule has 2 aromatic heterocycles. The number of rotatable bonds is 4. The first kappa shape index (κ1) is 33.7. The minimum absolute atomic E-state index is 0.204. The first-order valence-electron chi connectivity index (χ1n) is 20.3. The lowest BCUT2D eigenvalue weighted by Gasteiger charge is -2.46. The monoisotopic (exact) mass is 755 g/mol. The lowest BCUT2D eigenvalue weighted by Crippen LogP contribution is -2.40. The second kappa shape index (κ2) is 12.5. The van der Waals surface area contributed by atoms with Gasteiger partial charge in [-0.1, -0.05) is 172 Å². The van der Waals surface area contributed by atoms with Crippen molar-refractivity contribution in [1.29, 1.82) is 0 Å². The molecule has 0 radical (unpaired) electrons. The van der Waals surface area contributed by atoms with E-state index in [-0.39, 0.29) is 5.41 Å². The van der Waals surface area contributed by atoms with Crippen LogP contribution in [0.15, 0.2) is 192 Å². The molecule has 0 amide bonds. The van der Waals surface area contributed by atoms with Crippen LogP contribution in [0.1, 0.15) is 47.2 Å². The highest BCUT2D eigenvalue weighted by Gasteiger charge is 2.53. The summed E-state index contributed by atoms with van der Waals surface area (Å²) in [6.07, 6.45) is 0. The molecule has 59 heavy (non-hydrogen) atoms. The van der Waals surface area contributed by atoms with E-state index in [4.69, 9.17) is 19.4 Å². The van der Waals surface area contributed by atoms with Crippen molar-refractivity contribution in [2.45, 2.75) is 24.7 Å². The third kappa shape index (κ3) is 4.87. The highest BCUT2D eigenvalue weighted by Crippen LogP contribution is 2.62. The van der Waals surface area contributed by atoms with Crippen LogP contribution in [0.25, 0.3) is 78.4 Å². The van der Waals surface area contributed by atoms with Crippen molar-refractivity contribution < 1.29 is 4.42 Å². The molecule has 0 atom stereocenters. The molecule has 2 aliphatic rings. The van der Waals surface area contributed by atoms with Gasteiger partial charge in [0.2, 0.25) is 0 Å². The molecule has 10 aromatic rings. The number of nitrogens with zero attached hydrogens (tertiary/aromatic N) is 3. The van der Waals surface area contributed by atoms with Crippen LogP contribution in [-0.2, 0) is 10.8 Å². The molecular formula is C55H37N3O. The summed E-state index contributed by atoms with van der Waals surface area (Å²) in [5.74, 6) is 1.83. The summed E-state index contributed by atoms with van der Waals surface area (Å²) in [6.45, 7) is 4.75. The lowest BCUT2D eigenvalue weighted by atomic mass is 9.55. The standard InChI is InChI=1S/C55H37N3O/c1-54(2)45-24-11-12-25-47(45)55(43-22-9-6-19-39(43)40-20-7-10-23-44(40)55)48-32-36(28-30-46(48)54)35-17-14-18-37(31-35)52-56-51(34-15-4-3-5-16-34)57-53(58-52)38-27-29-42-41-21-8-13-26-49(41)59-50(42)33-38/h3-33H,1-2H3. The SMILES string of the molecule is CC1(C)c2ccccc2C2(c3ccccc3-c3ccccc32)c2cc(-c3cccc(-c4nc(-c5ccccc5)nc(-c5ccc6c(c5)oc5ccccc56)n4)c3)ccc21. The molecule has 0 fully saturated rings. The number of aromatic nitrogens is 3. The highest BCUT2D eigenvalue weighted by atomic mass is 16.3. The van der Waals surface area contributed by atoms with Crippen molar-refractivity contribution in [1.82, 2.24) is 15.0 Å². The maximum atomic E-state index is 6.28. The number of para-hydroxylation sites is 1. The Labute approximate surface area is 342 Å². The van der Waals surface area contributed by atoms with E-state index in [0.717, 1.165) is 49.8 Å². The maximum Gasteiger partial charge on any atom is 0.164 e. The zero-order valence-electron chi connectivity index (χ0n) is 32.6. The first-order valence-corrected chi connectivity index (χ1v) is 20.3. The Balaban J connectivity index is 1.04. The first-order chi connectivity index (χ1) is 29.0. The molecule has 0 unspecified atom stereocenters. The number of furan rings is 1. The fraction of sp³-hybridized carbons (Fsp3) is 0.0727. The van der Waals surface area contributed by atoms with Gasteiger partial charge in [0.1, 0.15) is 11.2 Å². The van der Waals surface area contributed by atoms with E-state index in [1.807, 2.05) is 54.6 Å². The number of hydrogen-bond donors (Lipinski definition) is 0. The topological polar surface area (TPSA) is 51.8 Å². The van der Waals surface area contributed by atoms with E-state index in [1.54, 1.807) is 0 Å². The predicted octanol–water partition coefficient (Wildman–Crippen LogP) is 13.4. The van der Waals surface area contributed by atoms with Crippen LogP contribution in [0.5, 0.6) is 0 Å². The van der Waals surface area contributed by atoms with E-state index in [1.165, 1.54) is 44.5 Å². The van der Waals surface area contributed by atoms with Crippen LogP contribution in [0.3, 0.4) is 0 Å². The van der Waals surface area contributed by atoms with Crippen molar-refractivity contribution in [3.8, 4) is 56.4 Å². The van der Waals surface area contributed by atoms with Crippen molar-refractivity contribution in [2.24, 2.45) is 0 Å². The fourth-order valence-electron chi connectivity index (χ4n) is 10.1. The zero-order chi connectivity index (χ0) is 39.3. The summed E-state index contributed by atoms with van der Waals surface area (Å²) < 4.78 is 6.28. The Morgan fingerprint density at radius 3 is 1.59 bits per heavy atom. The van der Waals surface area contributed by atoms with Crippen LogP contribution in [0.2, 0.25) is 0 Å². The van der Waals surface area contributed by atoms with Crippen molar-refractivity contribution in [3.63, 3.8) is 0 Å². The van der Waals surface area contributed by atoms with Crippen molar-refractivity contribution in [3.05, 3.63) is 221 Å². The van der Waals surface area contributed by atoms with Gasteiger partial charge in [-0.15, -0.1) is 0 Å². The van der Waals surface area contributed by atoms with E-state index >= 15 is 0 Å². The minimum atomic E-state index is -0.461. The normalized spacial score (nSPS) is 14.2. The molecule has 0 aliphatic heterocycles. The van der Waals surface area contributed by atoms with Gasteiger partial charge in [0, 0.05) is 32.9 Å². The third-order valence-electron chi connectivity index (χ3n) is 12.8. The van der Waals surface area contributed by atoms with Crippen molar-refractivity contribution in [2.75, 3.05) is 0 Å². The molecule has 2 heterocycles. The van der Waals surface area contributed by atoms with Gasteiger partial charge in [-0.25, -0.2) is 15.0 Å². The molecule has 0 bridgehead atoms. The Morgan fingerprint density at radius 1 is 0.339 bits per heavy atom. The van der Waals surface area contributed by atoms with Gasteiger partial charge in [0.15, 0.2) is 17.5 Å². The largest absolute Gasteiger partial charge is 0.456 e. The smallest absolute Gasteiger partial charge is 0.164 e. The van der Waals surface area contributed by atoms with Crippen LogP contribution in [0, 0.1) is 0 Å². The second-order valence-corrected chi connectivity index (χ2v) is 16.3. The van der Waals surface area contributed by atoms with Gasteiger partial charge in [-0.2, -0.15) is 0 Å². The minimum Gasteiger partial charge on any atom is -0.456 e. The van der Waals surface area contributed by atoms with Crippen LogP contribution < -0.4 is 0 Å². The summed E-state index contributed by atoms with van der Waals surface area (Å²) in [4.78, 5) is 15.3. The van der Waals surface area contributed by atoms with Crippen molar-refractivity contribution >= 4 is 21.9 Å². The fourth-order valence-corrected chi connectivity index (χ4v) is 10.1. The van der Waals surface area contributed by atoms with E-state index in [2.05, 4.69) is 147 Å². The van der Waals surface area contributed by atoms with Gasteiger partial charge in [-0.3, -0.25) is 0 Å².